The van der Waals surface area contributed by atoms with Crippen molar-refractivity contribution in [1.82, 2.24) is 5.32 Å². The number of nitrogens with one attached hydrogen (secondary N) is 1. The van der Waals surface area contributed by atoms with Crippen LogP contribution in [0.2, 0.25) is 0 Å². The van der Waals surface area contributed by atoms with Crippen LogP contribution in [-0.2, 0) is 13.0 Å². The first kappa shape index (κ1) is 11.5. The molecule has 18 heavy (non-hydrogen) atoms. The van der Waals surface area contributed by atoms with Gasteiger partial charge in [0.2, 0.25) is 0 Å². The molecular formula is C15H17NO2. The molecule has 0 bridgehead atoms. The van der Waals surface area contributed by atoms with E-state index in [1.54, 1.807) is 0 Å². The summed E-state index contributed by atoms with van der Waals surface area (Å²) in [4.78, 5) is 0. The van der Waals surface area contributed by atoms with Crippen LogP contribution in [0.25, 0.3) is 0 Å². The van der Waals surface area contributed by atoms with Gasteiger partial charge in [-0.3, -0.25) is 0 Å². The quantitative estimate of drug-likeness (QED) is 0.869. The topological polar surface area (TPSA) is 45.4 Å². The minimum absolute atomic E-state index is 0.00612. The third kappa shape index (κ3) is 2.07. The highest BCUT2D eigenvalue weighted by molar-refractivity contribution is 5.36. The van der Waals surface area contributed by atoms with Crippen molar-refractivity contribution < 1.29 is 9.52 Å². The Labute approximate surface area is 106 Å². The van der Waals surface area contributed by atoms with Crippen LogP contribution in [0.3, 0.4) is 0 Å². The zero-order valence-electron chi connectivity index (χ0n) is 10.4. The van der Waals surface area contributed by atoms with Crippen molar-refractivity contribution in [3.63, 3.8) is 0 Å². The monoisotopic (exact) mass is 243 g/mol. The van der Waals surface area contributed by atoms with Gasteiger partial charge in [-0.2, -0.15) is 0 Å². The van der Waals surface area contributed by atoms with Crippen molar-refractivity contribution in [3.05, 3.63) is 59.0 Å². The standard InChI is InChI=1S/C15H17NO2/c1-10-6-7-12(18-10)9-16-15-13-5-3-2-4-11(13)8-14(15)17/h2-7,14-17H,8-9H2,1H3/t14-,15+/m0/s1. The second-order valence-electron chi connectivity index (χ2n) is 4.84. The van der Waals surface area contributed by atoms with Gasteiger partial charge in [-0.25, -0.2) is 0 Å². The summed E-state index contributed by atoms with van der Waals surface area (Å²) in [6, 6.07) is 12.1. The molecule has 0 saturated heterocycles. The van der Waals surface area contributed by atoms with E-state index < -0.39 is 0 Å². The SMILES string of the molecule is Cc1ccc(CN[C@@H]2c3ccccc3C[C@@H]2O)o1. The van der Waals surface area contributed by atoms with Gasteiger partial charge in [0.05, 0.1) is 18.7 Å². The van der Waals surface area contributed by atoms with Crippen LogP contribution in [0.15, 0.2) is 40.8 Å². The first-order valence-electron chi connectivity index (χ1n) is 6.28. The predicted molar refractivity (Wildman–Crippen MR) is 69.2 cm³/mol. The lowest BCUT2D eigenvalue weighted by molar-refractivity contribution is 0.139. The van der Waals surface area contributed by atoms with Gasteiger partial charge in [-0.05, 0) is 30.2 Å². The number of hydrogen-bond donors (Lipinski definition) is 2. The third-order valence-corrected chi connectivity index (χ3v) is 3.50. The van der Waals surface area contributed by atoms with E-state index in [9.17, 15) is 5.11 Å². The van der Waals surface area contributed by atoms with Crippen LogP contribution >= 0.6 is 0 Å². The average Bonchev–Trinajstić information content (AvgIpc) is 2.90. The summed E-state index contributed by atoms with van der Waals surface area (Å²) in [5.74, 6) is 1.82. The second kappa shape index (κ2) is 4.59. The van der Waals surface area contributed by atoms with Crippen LogP contribution in [-0.4, -0.2) is 11.2 Å². The third-order valence-electron chi connectivity index (χ3n) is 3.50. The summed E-state index contributed by atoms with van der Waals surface area (Å²) >= 11 is 0. The zero-order chi connectivity index (χ0) is 12.5. The summed E-state index contributed by atoms with van der Waals surface area (Å²) < 4.78 is 5.52. The van der Waals surface area contributed by atoms with E-state index in [1.807, 2.05) is 31.2 Å². The second-order valence-corrected chi connectivity index (χ2v) is 4.84. The molecule has 3 nitrogen and oxygen atoms in total. The number of aryl methyl sites for hydroxylation is 1. The average molecular weight is 243 g/mol. The molecule has 94 valence electrons. The first-order chi connectivity index (χ1) is 8.74. The molecule has 2 N–H and O–H groups in total. The molecule has 0 radical (unpaired) electrons. The van der Waals surface area contributed by atoms with Gasteiger partial charge in [0.15, 0.2) is 0 Å². The molecule has 1 aliphatic rings. The summed E-state index contributed by atoms with van der Waals surface area (Å²) in [5.41, 5.74) is 2.44. The fraction of sp³-hybridized carbons (Fsp3) is 0.333. The summed E-state index contributed by atoms with van der Waals surface area (Å²) in [6.45, 7) is 2.58. The fourth-order valence-electron chi connectivity index (χ4n) is 2.61. The molecule has 0 spiro atoms. The van der Waals surface area contributed by atoms with Gasteiger partial charge < -0.3 is 14.8 Å². The summed E-state index contributed by atoms with van der Waals surface area (Å²) in [6.07, 6.45) is 0.379. The number of hydrogen-bond acceptors (Lipinski definition) is 3. The Bertz CT molecular complexity index is 547. The van der Waals surface area contributed by atoms with Gasteiger partial charge in [0.1, 0.15) is 11.5 Å². The van der Waals surface area contributed by atoms with E-state index in [-0.39, 0.29) is 12.1 Å². The molecule has 0 aliphatic heterocycles. The minimum atomic E-state index is -0.349. The van der Waals surface area contributed by atoms with Gasteiger partial charge in [-0.15, -0.1) is 0 Å². The van der Waals surface area contributed by atoms with E-state index in [1.165, 1.54) is 11.1 Å². The maximum Gasteiger partial charge on any atom is 0.117 e. The van der Waals surface area contributed by atoms with Crippen LogP contribution in [0.5, 0.6) is 0 Å². The zero-order valence-corrected chi connectivity index (χ0v) is 10.4. The first-order valence-corrected chi connectivity index (χ1v) is 6.28. The molecule has 2 aromatic rings. The fourth-order valence-corrected chi connectivity index (χ4v) is 2.61. The van der Waals surface area contributed by atoms with Crippen LogP contribution in [0, 0.1) is 6.92 Å². The van der Waals surface area contributed by atoms with Crippen LogP contribution in [0.4, 0.5) is 0 Å². The maximum atomic E-state index is 10.1. The summed E-state index contributed by atoms with van der Waals surface area (Å²) in [7, 11) is 0. The highest BCUT2D eigenvalue weighted by atomic mass is 16.3. The predicted octanol–water partition coefficient (Wildman–Crippen LogP) is 2.34. The van der Waals surface area contributed by atoms with Crippen molar-refractivity contribution >= 4 is 0 Å². The van der Waals surface area contributed by atoms with Gasteiger partial charge in [0.25, 0.3) is 0 Å². The summed E-state index contributed by atoms with van der Waals surface area (Å²) in [5, 5.41) is 13.5. The molecule has 0 unspecified atom stereocenters. The Morgan fingerprint density at radius 1 is 1.28 bits per heavy atom. The van der Waals surface area contributed by atoms with Crippen molar-refractivity contribution in [3.8, 4) is 0 Å². The largest absolute Gasteiger partial charge is 0.465 e. The minimum Gasteiger partial charge on any atom is -0.465 e. The van der Waals surface area contributed by atoms with Gasteiger partial charge in [-0.1, -0.05) is 24.3 Å². The molecule has 1 heterocycles. The molecule has 1 aromatic carbocycles. The number of furan rings is 1. The number of benzene rings is 1. The molecule has 2 atom stereocenters. The van der Waals surface area contributed by atoms with E-state index >= 15 is 0 Å². The van der Waals surface area contributed by atoms with Crippen LogP contribution < -0.4 is 5.32 Å². The normalized spacial score (nSPS) is 22.1. The lowest BCUT2D eigenvalue weighted by Gasteiger charge is -2.17. The molecular weight excluding hydrogens is 226 g/mol. The number of aliphatic hydroxyl groups is 1. The maximum absolute atomic E-state index is 10.1. The molecule has 1 aromatic heterocycles. The van der Waals surface area contributed by atoms with Gasteiger partial charge in [0, 0.05) is 6.42 Å². The lowest BCUT2D eigenvalue weighted by atomic mass is 10.1. The van der Waals surface area contributed by atoms with E-state index in [4.69, 9.17) is 4.42 Å². The van der Waals surface area contributed by atoms with Gasteiger partial charge >= 0.3 is 0 Å². The lowest BCUT2D eigenvalue weighted by Crippen LogP contribution is -2.28. The molecule has 0 saturated carbocycles. The Balaban J connectivity index is 1.73. The van der Waals surface area contributed by atoms with Crippen molar-refractivity contribution in [1.29, 1.82) is 0 Å². The molecule has 3 heteroatoms. The Hall–Kier alpha value is -1.58. The smallest absolute Gasteiger partial charge is 0.117 e. The molecule has 0 fully saturated rings. The highest BCUT2D eigenvalue weighted by Crippen LogP contribution is 2.31. The Morgan fingerprint density at radius 3 is 2.89 bits per heavy atom. The molecule has 3 rings (SSSR count). The number of fused-ring (bicyclic) bond motifs is 1. The van der Waals surface area contributed by atoms with Crippen LogP contribution in [0.1, 0.15) is 28.7 Å². The van der Waals surface area contributed by atoms with E-state index in [0.29, 0.717) is 6.54 Å². The van der Waals surface area contributed by atoms with Crippen molar-refractivity contribution in [2.45, 2.75) is 32.0 Å². The van der Waals surface area contributed by atoms with E-state index in [2.05, 4.69) is 17.4 Å². The number of aliphatic hydroxyl groups excluding tert-OH is 1. The van der Waals surface area contributed by atoms with Crippen molar-refractivity contribution in [2.75, 3.05) is 0 Å². The Kier molecular flexibility index (Phi) is 2.94. The van der Waals surface area contributed by atoms with Crippen molar-refractivity contribution in [2.24, 2.45) is 0 Å². The van der Waals surface area contributed by atoms with E-state index in [0.717, 1.165) is 17.9 Å². The highest BCUT2D eigenvalue weighted by Gasteiger charge is 2.30. The molecule has 1 aliphatic carbocycles. The molecule has 0 amide bonds. The number of rotatable bonds is 3. The Morgan fingerprint density at radius 2 is 2.11 bits per heavy atom.